The lowest BCUT2D eigenvalue weighted by atomic mass is 9.46. The monoisotopic (exact) mass is 393 g/mol. The first-order valence-corrected chi connectivity index (χ1v) is 9.40. The molecule has 1 saturated carbocycles. The predicted molar refractivity (Wildman–Crippen MR) is 103 cm³/mol. The largest absolute Gasteiger partial charge is 0.377 e. The highest BCUT2D eigenvalue weighted by Crippen LogP contribution is 2.58. The number of piperazine rings is 1. The zero-order valence-corrected chi connectivity index (χ0v) is 17.0. The number of carbonyl (C=O) groups is 1. The van der Waals surface area contributed by atoms with Crippen LogP contribution >= 0.6 is 24.8 Å². The average molecular weight is 394 g/mol. The number of halogens is 2. The summed E-state index contributed by atoms with van der Waals surface area (Å²) < 4.78 is 5.95. The maximum absolute atomic E-state index is 13.4. The third-order valence-corrected chi connectivity index (χ3v) is 7.16. The van der Waals surface area contributed by atoms with Gasteiger partial charge in [-0.25, -0.2) is 0 Å². The van der Waals surface area contributed by atoms with E-state index >= 15 is 0 Å². The van der Waals surface area contributed by atoms with E-state index in [2.05, 4.69) is 23.6 Å². The van der Waals surface area contributed by atoms with Crippen LogP contribution in [0.15, 0.2) is 0 Å². The van der Waals surface area contributed by atoms with Crippen LogP contribution in [0.5, 0.6) is 0 Å². The van der Waals surface area contributed by atoms with Crippen LogP contribution in [0.4, 0.5) is 0 Å². The summed E-state index contributed by atoms with van der Waals surface area (Å²) in [5, 5.41) is 0. The van der Waals surface area contributed by atoms with Gasteiger partial charge in [-0.3, -0.25) is 9.69 Å². The van der Waals surface area contributed by atoms with E-state index < -0.39 is 5.54 Å². The smallest absolute Gasteiger partial charge is 0.243 e. The van der Waals surface area contributed by atoms with Gasteiger partial charge in [0.2, 0.25) is 5.91 Å². The highest BCUT2D eigenvalue weighted by atomic mass is 35.5. The third kappa shape index (κ3) is 3.00. The number of piperidine rings is 1. The van der Waals surface area contributed by atoms with Crippen molar-refractivity contribution < 1.29 is 9.53 Å². The minimum atomic E-state index is -0.741. The Labute approximate surface area is 163 Å². The first kappa shape index (κ1) is 21.2. The van der Waals surface area contributed by atoms with Gasteiger partial charge in [0.1, 0.15) is 5.54 Å². The molecule has 146 valence electrons. The first-order valence-electron chi connectivity index (χ1n) is 9.40. The van der Waals surface area contributed by atoms with E-state index in [4.69, 9.17) is 10.5 Å². The molecule has 0 spiro atoms. The molecule has 1 amide bonds. The number of nitrogens with two attached hydrogens (primary N) is 1. The van der Waals surface area contributed by atoms with Gasteiger partial charge in [-0.1, -0.05) is 20.3 Å². The van der Waals surface area contributed by atoms with Gasteiger partial charge in [-0.2, -0.15) is 0 Å². The normalized spacial score (nSPS) is 39.8. The van der Waals surface area contributed by atoms with Gasteiger partial charge >= 0.3 is 0 Å². The molecule has 0 aromatic carbocycles. The molecule has 4 atom stereocenters. The Bertz CT molecular complexity index is 505. The zero-order chi connectivity index (χ0) is 16.2. The molecule has 7 heteroatoms. The van der Waals surface area contributed by atoms with E-state index in [0.29, 0.717) is 6.04 Å². The molecular formula is C18H33Cl2N3O2. The fourth-order valence-corrected chi connectivity index (χ4v) is 5.61. The van der Waals surface area contributed by atoms with Gasteiger partial charge in [0.25, 0.3) is 0 Å². The summed E-state index contributed by atoms with van der Waals surface area (Å²) in [5.74, 6) is 0.377. The molecule has 0 radical (unpaired) electrons. The molecule has 4 aliphatic rings. The van der Waals surface area contributed by atoms with Crippen molar-refractivity contribution in [3.05, 3.63) is 0 Å². The van der Waals surface area contributed by atoms with E-state index in [1.165, 1.54) is 25.8 Å². The van der Waals surface area contributed by atoms with Crippen LogP contribution in [0.3, 0.4) is 0 Å². The molecule has 3 heterocycles. The maximum Gasteiger partial charge on any atom is 0.243 e. The van der Waals surface area contributed by atoms with Crippen molar-refractivity contribution in [1.82, 2.24) is 9.80 Å². The molecular weight excluding hydrogens is 361 g/mol. The molecule has 0 aromatic rings. The van der Waals surface area contributed by atoms with Gasteiger partial charge in [-0.15, -0.1) is 24.8 Å². The minimum Gasteiger partial charge on any atom is -0.377 e. The second-order valence-corrected chi connectivity index (χ2v) is 8.57. The number of hydrogen-bond donors (Lipinski definition) is 1. The second-order valence-electron chi connectivity index (χ2n) is 8.57. The highest BCUT2D eigenvalue weighted by Gasteiger charge is 2.71. The molecule has 4 fully saturated rings. The molecule has 2 N–H and O–H groups in total. The van der Waals surface area contributed by atoms with Crippen molar-refractivity contribution in [1.29, 1.82) is 0 Å². The number of carbonyl (C=O) groups excluding carboxylic acids is 1. The van der Waals surface area contributed by atoms with Crippen molar-refractivity contribution in [2.75, 3.05) is 32.8 Å². The fourth-order valence-electron chi connectivity index (χ4n) is 5.61. The number of ether oxygens (including phenoxy) is 1. The molecule has 0 bridgehead atoms. The molecule has 1 aliphatic carbocycles. The number of nitrogens with zero attached hydrogens (tertiary/aromatic N) is 2. The summed E-state index contributed by atoms with van der Waals surface area (Å²) in [6, 6.07) is 0.548. The quantitative estimate of drug-likeness (QED) is 0.740. The molecule has 25 heavy (non-hydrogen) atoms. The van der Waals surface area contributed by atoms with E-state index in [0.717, 1.165) is 39.1 Å². The maximum atomic E-state index is 13.4. The third-order valence-electron chi connectivity index (χ3n) is 7.16. The van der Waals surface area contributed by atoms with Gasteiger partial charge in [-0.05, 0) is 32.2 Å². The summed E-state index contributed by atoms with van der Waals surface area (Å²) in [6.07, 6.45) is 6.03. The van der Waals surface area contributed by atoms with Crippen molar-refractivity contribution in [2.24, 2.45) is 17.1 Å². The Balaban J connectivity index is 0.00000113. The fraction of sp³-hybridized carbons (Fsp3) is 0.944. The van der Waals surface area contributed by atoms with Crippen LogP contribution in [0.25, 0.3) is 0 Å². The number of fused-ring (bicyclic) bond motifs is 2. The predicted octanol–water partition coefficient (Wildman–Crippen LogP) is 2.06. The molecule has 4 rings (SSSR count). The van der Waals surface area contributed by atoms with Crippen molar-refractivity contribution in [2.45, 2.75) is 63.6 Å². The molecule has 4 unspecified atom stereocenters. The lowest BCUT2D eigenvalue weighted by molar-refractivity contribution is -0.231. The summed E-state index contributed by atoms with van der Waals surface area (Å²) in [7, 11) is 0. The Kier molecular flexibility index (Phi) is 6.38. The Morgan fingerprint density at radius 2 is 1.84 bits per heavy atom. The molecule has 3 aliphatic heterocycles. The number of hydrogen-bond acceptors (Lipinski definition) is 4. The summed E-state index contributed by atoms with van der Waals surface area (Å²) in [6.45, 7) is 8.97. The second kappa shape index (κ2) is 7.51. The van der Waals surface area contributed by atoms with Crippen molar-refractivity contribution >= 4 is 30.7 Å². The molecule has 5 nitrogen and oxygen atoms in total. The van der Waals surface area contributed by atoms with E-state index in [1.807, 2.05) is 0 Å². The lowest BCUT2D eigenvalue weighted by Gasteiger charge is -2.66. The number of rotatable bonds is 1. The standard InChI is InChI=1S/C18H31N3O2.2ClH/c1-17(2)15-14(7-5-11-23-15)18(17,19)16(22)21-10-9-20-8-4-3-6-13(20)12-21;;/h13-15H,3-12,19H2,1-2H3;2*1H. The molecule has 0 aromatic heterocycles. The van der Waals surface area contributed by atoms with E-state index in [9.17, 15) is 4.79 Å². The van der Waals surface area contributed by atoms with Crippen molar-refractivity contribution in [3.63, 3.8) is 0 Å². The Morgan fingerprint density at radius 3 is 2.60 bits per heavy atom. The zero-order valence-electron chi connectivity index (χ0n) is 15.4. The Hall–Kier alpha value is -0.0700. The highest BCUT2D eigenvalue weighted by molar-refractivity contribution is 5.89. The summed E-state index contributed by atoms with van der Waals surface area (Å²) in [4.78, 5) is 18.0. The summed E-state index contributed by atoms with van der Waals surface area (Å²) in [5.41, 5.74) is 5.79. The lowest BCUT2D eigenvalue weighted by Crippen LogP contribution is -2.83. The van der Waals surface area contributed by atoms with Gasteiger partial charge in [0.05, 0.1) is 6.10 Å². The van der Waals surface area contributed by atoms with Gasteiger partial charge in [0, 0.05) is 43.6 Å². The van der Waals surface area contributed by atoms with E-state index in [-0.39, 0.29) is 48.2 Å². The van der Waals surface area contributed by atoms with Gasteiger partial charge in [0.15, 0.2) is 0 Å². The van der Waals surface area contributed by atoms with Crippen LogP contribution in [0, 0.1) is 11.3 Å². The molecule has 3 saturated heterocycles. The topological polar surface area (TPSA) is 58.8 Å². The Morgan fingerprint density at radius 1 is 1.08 bits per heavy atom. The first-order chi connectivity index (χ1) is 11.0. The van der Waals surface area contributed by atoms with Crippen LogP contribution in [0.2, 0.25) is 0 Å². The van der Waals surface area contributed by atoms with Crippen LogP contribution < -0.4 is 5.73 Å². The van der Waals surface area contributed by atoms with Crippen LogP contribution in [0.1, 0.15) is 46.0 Å². The minimum absolute atomic E-state index is 0. The van der Waals surface area contributed by atoms with Gasteiger partial charge < -0.3 is 15.4 Å². The van der Waals surface area contributed by atoms with Crippen molar-refractivity contribution in [3.8, 4) is 0 Å². The van der Waals surface area contributed by atoms with Crippen LogP contribution in [-0.4, -0.2) is 66.2 Å². The SMILES string of the molecule is CC1(C)C2OCCCC2C1(N)C(=O)N1CCN2CCCCC2C1.Cl.Cl. The number of amides is 1. The van der Waals surface area contributed by atoms with Crippen LogP contribution in [-0.2, 0) is 9.53 Å². The summed E-state index contributed by atoms with van der Waals surface area (Å²) >= 11 is 0. The van der Waals surface area contributed by atoms with E-state index in [1.54, 1.807) is 0 Å². The average Bonchev–Trinajstić information content (AvgIpc) is 2.60.